The van der Waals surface area contributed by atoms with E-state index in [1.54, 1.807) is 0 Å². The maximum absolute atomic E-state index is 9.16. The molecule has 6 nitrogen and oxygen atoms in total. The number of aliphatic hydroxyl groups is 4. The fraction of sp³-hybridized carbons (Fsp3) is 1.00. The van der Waals surface area contributed by atoms with Crippen molar-refractivity contribution in [2.24, 2.45) is 11.5 Å². The molecule has 8 N–H and O–H groups in total. The van der Waals surface area contributed by atoms with Gasteiger partial charge < -0.3 is 31.9 Å². The quantitative estimate of drug-likeness (QED) is 0.258. The Morgan fingerprint density at radius 1 is 1.08 bits per heavy atom. The SMILES string of the molecule is NC[C@@H](N)[C@@H](O)[C@H](O)[C@H](O)CO. The van der Waals surface area contributed by atoms with E-state index in [1.807, 2.05) is 0 Å². The summed E-state index contributed by atoms with van der Waals surface area (Å²) in [5.74, 6) is 0. The van der Waals surface area contributed by atoms with Crippen molar-refractivity contribution in [1.82, 2.24) is 0 Å². The zero-order chi connectivity index (χ0) is 9.72. The summed E-state index contributed by atoms with van der Waals surface area (Å²) in [4.78, 5) is 0. The summed E-state index contributed by atoms with van der Waals surface area (Å²) in [6, 6.07) is -0.804. The van der Waals surface area contributed by atoms with E-state index in [-0.39, 0.29) is 6.54 Å². The molecule has 4 atom stereocenters. The minimum absolute atomic E-state index is 0.00360. The van der Waals surface area contributed by atoms with E-state index in [0.29, 0.717) is 0 Å². The van der Waals surface area contributed by atoms with Gasteiger partial charge in [-0.2, -0.15) is 0 Å². The molecular weight excluding hydrogens is 164 g/mol. The summed E-state index contributed by atoms with van der Waals surface area (Å²) in [7, 11) is 0. The largest absolute Gasteiger partial charge is 0.394 e. The van der Waals surface area contributed by atoms with Gasteiger partial charge in [-0.3, -0.25) is 0 Å². The van der Waals surface area contributed by atoms with Crippen LogP contribution in [0.15, 0.2) is 0 Å². The maximum atomic E-state index is 9.16. The van der Waals surface area contributed by atoms with Gasteiger partial charge in [0.1, 0.15) is 12.2 Å². The Morgan fingerprint density at radius 3 is 1.92 bits per heavy atom. The van der Waals surface area contributed by atoms with Gasteiger partial charge in [0.25, 0.3) is 0 Å². The molecule has 0 spiro atoms. The zero-order valence-corrected chi connectivity index (χ0v) is 6.67. The van der Waals surface area contributed by atoms with Crippen molar-refractivity contribution in [1.29, 1.82) is 0 Å². The van der Waals surface area contributed by atoms with Gasteiger partial charge in [0.05, 0.1) is 12.7 Å². The molecule has 0 unspecified atom stereocenters. The molecule has 0 bridgehead atoms. The van der Waals surface area contributed by atoms with Crippen LogP contribution in [0.4, 0.5) is 0 Å². The first-order valence-corrected chi connectivity index (χ1v) is 3.65. The number of hydrogen-bond acceptors (Lipinski definition) is 6. The Hall–Kier alpha value is -0.240. The second-order valence-corrected chi connectivity index (χ2v) is 2.63. The molecule has 12 heavy (non-hydrogen) atoms. The molecule has 0 rings (SSSR count). The second-order valence-electron chi connectivity index (χ2n) is 2.63. The molecule has 0 saturated heterocycles. The van der Waals surface area contributed by atoms with Gasteiger partial charge in [-0.15, -0.1) is 0 Å². The summed E-state index contributed by atoms with van der Waals surface area (Å²) in [5, 5.41) is 35.6. The minimum Gasteiger partial charge on any atom is -0.394 e. The first kappa shape index (κ1) is 11.8. The van der Waals surface area contributed by atoms with Gasteiger partial charge in [-0.05, 0) is 0 Å². The molecule has 0 aromatic carbocycles. The van der Waals surface area contributed by atoms with E-state index in [0.717, 1.165) is 0 Å². The number of aliphatic hydroxyl groups excluding tert-OH is 4. The summed E-state index contributed by atoms with van der Waals surface area (Å²) < 4.78 is 0. The lowest BCUT2D eigenvalue weighted by Crippen LogP contribution is -2.52. The lowest BCUT2D eigenvalue weighted by atomic mass is 10.0. The fourth-order valence-corrected chi connectivity index (χ4v) is 0.728. The van der Waals surface area contributed by atoms with Crippen LogP contribution in [0.3, 0.4) is 0 Å². The van der Waals surface area contributed by atoms with E-state index in [2.05, 4.69) is 0 Å². The van der Waals surface area contributed by atoms with Crippen LogP contribution in [0.5, 0.6) is 0 Å². The van der Waals surface area contributed by atoms with Crippen LogP contribution in [0.25, 0.3) is 0 Å². The molecule has 0 fully saturated rings. The normalized spacial score (nSPS) is 21.5. The zero-order valence-electron chi connectivity index (χ0n) is 6.67. The predicted octanol–water partition coefficient (Wildman–Crippen LogP) is -3.65. The summed E-state index contributed by atoms with van der Waals surface area (Å²) in [5.41, 5.74) is 10.4. The summed E-state index contributed by atoms with van der Waals surface area (Å²) >= 11 is 0. The smallest absolute Gasteiger partial charge is 0.110 e. The van der Waals surface area contributed by atoms with Gasteiger partial charge in [0.15, 0.2) is 0 Å². The Balaban J connectivity index is 3.99. The Bertz CT molecular complexity index is 110. The van der Waals surface area contributed by atoms with Crippen LogP contribution in [0.1, 0.15) is 0 Å². The molecule has 0 aliphatic carbocycles. The van der Waals surface area contributed by atoms with E-state index >= 15 is 0 Å². The van der Waals surface area contributed by atoms with Crippen LogP contribution in [0, 0.1) is 0 Å². The van der Waals surface area contributed by atoms with Crippen molar-refractivity contribution in [2.75, 3.05) is 13.2 Å². The Kier molecular flexibility index (Phi) is 5.31. The highest BCUT2D eigenvalue weighted by molar-refractivity contribution is 4.83. The summed E-state index contributed by atoms with van der Waals surface area (Å²) in [6.07, 6.45) is -4.18. The Labute approximate surface area is 70.4 Å². The summed E-state index contributed by atoms with van der Waals surface area (Å²) in [6.45, 7) is -0.633. The van der Waals surface area contributed by atoms with Crippen LogP contribution in [0.2, 0.25) is 0 Å². The van der Waals surface area contributed by atoms with Crippen molar-refractivity contribution in [3.8, 4) is 0 Å². The van der Waals surface area contributed by atoms with Crippen molar-refractivity contribution in [3.05, 3.63) is 0 Å². The predicted molar refractivity (Wildman–Crippen MR) is 42.1 cm³/mol. The molecular formula is C6H16N2O4. The average Bonchev–Trinajstić information content (AvgIpc) is 2.12. The highest BCUT2D eigenvalue weighted by Crippen LogP contribution is 2.02. The third-order valence-electron chi connectivity index (χ3n) is 1.64. The first-order valence-electron chi connectivity index (χ1n) is 3.65. The highest BCUT2D eigenvalue weighted by Gasteiger charge is 2.27. The number of rotatable bonds is 5. The van der Waals surface area contributed by atoms with Crippen molar-refractivity contribution in [2.45, 2.75) is 24.4 Å². The molecule has 0 aliphatic heterocycles. The standard InChI is InChI=1S/C6H16N2O4/c7-1-3(8)5(11)6(12)4(10)2-9/h3-6,9-12H,1-2,7-8H2/t3-,4-,5-,6-/m1/s1. The number of hydrogen-bond donors (Lipinski definition) is 6. The van der Waals surface area contributed by atoms with E-state index in [1.165, 1.54) is 0 Å². The molecule has 0 heterocycles. The molecule has 0 saturated carbocycles. The lowest BCUT2D eigenvalue weighted by Gasteiger charge is -2.25. The van der Waals surface area contributed by atoms with Crippen LogP contribution in [-0.2, 0) is 0 Å². The molecule has 0 aliphatic rings. The molecule has 0 aromatic heterocycles. The van der Waals surface area contributed by atoms with Crippen LogP contribution in [-0.4, -0.2) is 57.9 Å². The fourth-order valence-electron chi connectivity index (χ4n) is 0.728. The van der Waals surface area contributed by atoms with E-state index in [4.69, 9.17) is 31.9 Å². The third kappa shape index (κ3) is 3.02. The molecule has 6 heteroatoms. The van der Waals surface area contributed by atoms with Crippen LogP contribution >= 0.6 is 0 Å². The molecule has 74 valence electrons. The van der Waals surface area contributed by atoms with E-state index < -0.39 is 31.0 Å². The molecule has 0 aromatic rings. The van der Waals surface area contributed by atoms with Crippen LogP contribution < -0.4 is 11.5 Å². The van der Waals surface area contributed by atoms with Crippen molar-refractivity contribution in [3.63, 3.8) is 0 Å². The highest BCUT2D eigenvalue weighted by atomic mass is 16.4. The molecule has 0 amide bonds. The second kappa shape index (κ2) is 5.41. The first-order chi connectivity index (χ1) is 5.54. The van der Waals surface area contributed by atoms with Gasteiger partial charge in [0, 0.05) is 12.6 Å². The topological polar surface area (TPSA) is 133 Å². The van der Waals surface area contributed by atoms with Gasteiger partial charge >= 0.3 is 0 Å². The monoisotopic (exact) mass is 180 g/mol. The maximum Gasteiger partial charge on any atom is 0.110 e. The van der Waals surface area contributed by atoms with Crippen molar-refractivity contribution < 1.29 is 20.4 Å². The lowest BCUT2D eigenvalue weighted by molar-refractivity contribution is -0.0823. The van der Waals surface area contributed by atoms with Gasteiger partial charge in [-0.25, -0.2) is 0 Å². The molecule has 0 radical (unpaired) electrons. The third-order valence-corrected chi connectivity index (χ3v) is 1.64. The van der Waals surface area contributed by atoms with Crippen molar-refractivity contribution >= 4 is 0 Å². The van der Waals surface area contributed by atoms with E-state index in [9.17, 15) is 0 Å². The Morgan fingerprint density at radius 2 is 1.58 bits per heavy atom. The van der Waals surface area contributed by atoms with Gasteiger partial charge in [0.2, 0.25) is 0 Å². The minimum atomic E-state index is -1.46. The average molecular weight is 180 g/mol. The number of nitrogens with two attached hydrogens (primary N) is 2. The van der Waals surface area contributed by atoms with Gasteiger partial charge in [-0.1, -0.05) is 0 Å².